The number of allylic oxidation sites excluding steroid dienone is 1. The molecule has 0 saturated heterocycles. The van der Waals surface area contributed by atoms with E-state index in [1.807, 2.05) is 66.7 Å². The van der Waals surface area contributed by atoms with E-state index in [1.54, 1.807) is 56.7 Å². The van der Waals surface area contributed by atoms with Crippen molar-refractivity contribution in [3.63, 3.8) is 0 Å². The molecule has 0 N–H and O–H groups in total. The number of hydrogen-bond donors (Lipinski definition) is 0. The van der Waals surface area contributed by atoms with Crippen molar-refractivity contribution in [1.82, 2.24) is 0 Å². The van der Waals surface area contributed by atoms with Crippen molar-refractivity contribution in [2.45, 2.75) is 0 Å². The summed E-state index contributed by atoms with van der Waals surface area (Å²) in [6.07, 6.45) is 2.60. The summed E-state index contributed by atoms with van der Waals surface area (Å²) in [4.78, 5) is 27.3. The summed E-state index contributed by atoms with van der Waals surface area (Å²) in [7, 11) is 3.14. The number of benzene rings is 4. The highest BCUT2D eigenvalue weighted by Gasteiger charge is 2.20. The molecule has 1 amide bonds. The van der Waals surface area contributed by atoms with Crippen molar-refractivity contribution in [2.75, 3.05) is 19.1 Å². The molecule has 0 aliphatic rings. The lowest BCUT2D eigenvalue weighted by Gasteiger charge is -2.22. The first-order chi connectivity index (χ1) is 17.6. The molecule has 180 valence electrons. The number of rotatable bonds is 8. The van der Waals surface area contributed by atoms with Crippen LogP contribution in [0.2, 0.25) is 0 Å². The first kappa shape index (κ1) is 24.3. The van der Waals surface area contributed by atoms with E-state index in [2.05, 4.69) is 0 Å². The zero-order chi connectivity index (χ0) is 25.3. The van der Waals surface area contributed by atoms with Gasteiger partial charge in [-0.3, -0.25) is 4.79 Å². The first-order valence-corrected chi connectivity index (χ1v) is 11.3. The van der Waals surface area contributed by atoms with Crippen LogP contribution in [0.25, 0.3) is 6.08 Å². The number of carbonyl (C=O) groups excluding carboxylic acids is 2. The summed E-state index contributed by atoms with van der Waals surface area (Å²) in [5, 5.41) is 0. The number of carbonyl (C=O) groups is 2. The van der Waals surface area contributed by atoms with Crippen molar-refractivity contribution in [3.05, 3.63) is 120 Å². The van der Waals surface area contributed by atoms with E-state index in [0.717, 1.165) is 5.56 Å². The number of ether oxygens (including phenoxy) is 3. The van der Waals surface area contributed by atoms with E-state index in [1.165, 1.54) is 11.0 Å². The average Bonchev–Trinajstić information content (AvgIpc) is 2.93. The number of nitrogens with zero attached hydrogens (tertiary/aromatic N) is 1. The van der Waals surface area contributed by atoms with Gasteiger partial charge in [-0.15, -0.1) is 0 Å². The quantitative estimate of drug-likeness (QED) is 0.202. The molecule has 6 nitrogen and oxygen atoms in total. The molecule has 6 heteroatoms. The second-order valence-corrected chi connectivity index (χ2v) is 7.70. The van der Waals surface area contributed by atoms with Crippen LogP contribution in [-0.4, -0.2) is 26.1 Å². The van der Waals surface area contributed by atoms with Crippen molar-refractivity contribution in [3.8, 4) is 17.2 Å². The monoisotopic (exact) mass is 479 g/mol. The van der Waals surface area contributed by atoms with Crippen LogP contribution in [0.4, 0.5) is 16.2 Å². The fourth-order valence-corrected chi connectivity index (χ4v) is 3.57. The molecule has 0 aliphatic heterocycles. The molecular weight excluding hydrogens is 454 g/mol. The molecule has 0 spiro atoms. The molecule has 0 atom stereocenters. The molecular formula is C30H25NO5. The molecule has 4 aromatic carbocycles. The zero-order valence-electron chi connectivity index (χ0n) is 20.0. The predicted octanol–water partition coefficient (Wildman–Crippen LogP) is 6.94. The highest BCUT2D eigenvalue weighted by molar-refractivity contribution is 6.07. The topological polar surface area (TPSA) is 65.1 Å². The number of ketones is 1. The van der Waals surface area contributed by atoms with Crippen molar-refractivity contribution >= 4 is 29.3 Å². The molecule has 4 aromatic rings. The Balaban J connectivity index is 1.48. The van der Waals surface area contributed by atoms with Crippen molar-refractivity contribution < 1.29 is 23.8 Å². The van der Waals surface area contributed by atoms with Crippen molar-refractivity contribution in [1.29, 1.82) is 0 Å². The number of amides is 1. The second-order valence-electron chi connectivity index (χ2n) is 7.70. The molecule has 0 bridgehead atoms. The Hall–Kier alpha value is -4.84. The highest BCUT2D eigenvalue weighted by Crippen LogP contribution is 2.28. The molecule has 0 aliphatic carbocycles. The maximum atomic E-state index is 13.1. The maximum Gasteiger partial charge on any atom is 0.424 e. The van der Waals surface area contributed by atoms with Gasteiger partial charge in [0.25, 0.3) is 0 Å². The standard InChI is InChI=1S/C30H25NO5/c1-34-27-19-15-23(29(21-27)35-2)16-20-28(32)22-13-17-26(18-14-22)36-30(33)31(24-9-5-3-6-10-24)25-11-7-4-8-12-25/h3-21H,1-2H3. The van der Waals surface area contributed by atoms with Crippen LogP contribution < -0.4 is 19.1 Å². The number of hydrogen-bond acceptors (Lipinski definition) is 5. The molecule has 0 fully saturated rings. The Morgan fingerprint density at radius 2 is 1.28 bits per heavy atom. The maximum absolute atomic E-state index is 13.1. The van der Waals surface area contributed by atoms with Crippen LogP contribution in [0, 0.1) is 0 Å². The van der Waals surface area contributed by atoms with Crippen molar-refractivity contribution in [2.24, 2.45) is 0 Å². The van der Waals surface area contributed by atoms with Gasteiger partial charge in [0.15, 0.2) is 5.78 Å². The zero-order valence-corrected chi connectivity index (χ0v) is 20.0. The first-order valence-electron chi connectivity index (χ1n) is 11.3. The number of para-hydroxylation sites is 2. The van der Waals surface area contributed by atoms with Gasteiger partial charge < -0.3 is 14.2 Å². The summed E-state index contributed by atoms with van der Waals surface area (Å²) in [5.74, 6) is 1.40. The molecule has 0 unspecified atom stereocenters. The summed E-state index contributed by atoms with van der Waals surface area (Å²) in [6, 6.07) is 30.3. The third kappa shape index (κ3) is 5.80. The molecule has 0 heterocycles. The van der Waals surface area contributed by atoms with E-state index in [4.69, 9.17) is 14.2 Å². The van der Waals surface area contributed by atoms with Crippen LogP contribution in [0.3, 0.4) is 0 Å². The highest BCUT2D eigenvalue weighted by atomic mass is 16.6. The van der Waals surface area contributed by atoms with Gasteiger partial charge >= 0.3 is 6.09 Å². The third-order valence-corrected chi connectivity index (χ3v) is 5.41. The fraction of sp³-hybridized carbons (Fsp3) is 0.0667. The van der Waals surface area contributed by atoms with E-state index in [-0.39, 0.29) is 5.78 Å². The molecule has 36 heavy (non-hydrogen) atoms. The van der Waals surface area contributed by atoms with E-state index < -0.39 is 6.09 Å². The summed E-state index contributed by atoms with van der Waals surface area (Å²) >= 11 is 0. The van der Waals surface area contributed by atoms with Gasteiger partial charge in [-0.05, 0) is 72.8 Å². The largest absolute Gasteiger partial charge is 0.497 e. The summed E-state index contributed by atoms with van der Waals surface area (Å²) in [5.41, 5.74) is 2.57. The molecule has 0 saturated carbocycles. The third-order valence-electron chi connectivity index (χ3n) is 5.41. The SMILES string of the molecule is COc1ccc(C=CC(=O)c2ccc(OC(=O)N(c3ccccc3)c3ccccc3)cc2)c(OC)c1. The van der Waals surface area contributed by atoms with Crippen LogP contribution in [-0.2, 0) is 0 Å². The summed E-state index contributed by atoms with van der Waals surface area (Å²) < 4.78 is 16.2. The van der Waals surface area contributed by atoms with Crippen LogP contribution in [0.15, 0.2) is 109 Å². The lowest BCUT2D eigenvalue weighted by molar-refractivity contribution is 0.104. The molecule has 0 aromatic heterocycles. The minimum atomic E-state index is -0.557. The Kier molecular flexibility index (Phi) is 7.78. The fourth-order valence-electron chi connectivity index (χ4n) is 3.57. The Labute approximate surface area is 210 Å². The van der Waals surface area contributed by atoms with Crippen LogP contribution in [0.5, 0.6) is 17.2 Å². The van der Waals surface area contributed by atoms with E-state index in [9.17, 15) is 9.59 Å². The van der Waals surface area contributed by atoms with Crippen LogP contribution >= 0.6 is 0 Å². The van der Waals surface area contributed by atoms with Gasteiger partial charge in [0, 0.05) is 17.2 Å². The van der Waals surface area contributed by atoms with E-state index >= 15 is 0 Å². The lowest BCUT2D eigenvalue weighted by Crippen LogP contribution is -2.29. The van der Waals surface area contributed by atoms with Gasteiger partial charge in [-0.25, -0.2) is 9.69 Å². The average molecular weight is 480 g/mol. The lowest BCUT2D eigenvalue weighted by atomic mass is 10.1. The Morgan fingerprint density at radius 3 is 1.83 bits per heavy atom. The Morgan fingerprint density at radius 1 is 0.694 bits per heavy atom. The smallest absolute Gasteiger partial charge is 0.424 e. The summed E-state index contributed by atoms with van der Waals surface area (Å²) in [6.45, 7) is 0. The normalized spacial score (nSPS) is 10.6. The van der Waals surface area contributed by atoms with Gasteiger partial charge in [0.2, 0.25) is 0 Å². The van der Waals surface area contributed by atoms with E-state index in [0.29, 0.717) is 34.2 Å². The second kappa shape index (κ2) is 11.5. The van der Waals surface area contributed by atoms with Gasteiger partial charge in [-0.1, -0.05) is 36.4 Å². The molecule has 0 radical (unpaired) electrons. The number of anilines is 2. The minimum absolute atomic E-state index is 0.194. The Bertz CT molecular complexity index is 1310. The van der Waals surface area contributed by atoms with Gasteiger partial charge in [0.1, 0.15) is 17.2 Å². The molecule has 4 rings (SSSR count). The predicted molar refractivity (Wildman–Crippen MR) is 140 cm³/mol. The minimum Gasteiger partial charge on any atom is -0.497 e. The number of methoxy groups -OCH3 is 2. The van der Waals surface area contributed by atoms with Crippen LogP contribution in [0.1, 0.15) is 15.9 Å². The van der Waals surface area contributed by atoms with Gasteiger partial charge in [0.05, 0.1) is 25.6 Å². The van der Waals surface area contributed by atoms with Gasteiger partial charge in [-0.2, -0.15) is 0 Å².